The van der Waals surface area contributed by atoms with Crippen molar-refractivity contribution in [2.45, 2.75) is 37.5 Å². The molecule has 36 heavy (non-hydrogen) atoms. The summed E-state index contributed by atoms with van der Waals surface area (Å²) in [4.78, 5) is 25.2. The van der Waals surface area contributed by atoms with E-state index in [0.29, 0.717) is 22.5 Å². The molecule has 0 bridgehead atoms. The molecular formula is C26H27F3N2O5. The average molecular weight is 505 g/mol. The van der Waals surface area contributed by atoms with Gasteiger partial charge in [-0.3, -0.25) is 9.59 Å². The second kappa shape index (κ2) is 9.25. The van der Waals surface area contributed by atoms with Crippen LogP contribution in [-0.4, -0.2) is 44.8 Å². The molecule has 0 aliphatic carbocycles. The molecule has 0 saturated heterocycles. The summed E-state index contributed by atoms with van der Waals surface area (Å²) in [6, 6.07) is 8.33. The van der Waals surface area contributed by atoms with Crippen LogP contribution in [0.5, 0.6) is 5.75 Å². The van der Waals surface area contributed by atoms with Crippen molar-refractivity contribution in [1.29, 1.82) is 0 Å². The summed E-state index contributed by atoms with van der Waals surface area (Å²) in [6.07, 6.45) is -3.04. The molecule has 0 saturated carbocycles. The third-order valence-corrected chi connectivity index (χ3v) is 6.39. The van der Waals surface area contributed by atoms with E-state index in [2.05, 4.69) is 10.6 Å². The highest BCUT2D eigenvalue weighted by Crippen LogP contribution is 2.44. The fraction of sp³-hybridized carbons (Fsp3) is 0.385. The summed E-state index contributed by atoms with van der Waals surface area (Å²) in [5, 5.41) is 5.58. The molecule has 0 aromatic heterocycles. The highest BCUT2D eigenvalue weighted by molar-refractivity contribution is 6.08. The molecule has 0 radical (unpaired) electrons. The van der Waals surface area contributed by atoms with E-state index in [1.165, 1.54) is 26.4 Å². The third kappa shape index (κ3) is 4.83. The van der Waals surface area contributed by atoms with Crippen LogP contribution in [0.2, 0.25) is 0 Å². The van der Waals surface area contributed by atoms with Gasteiger partial charge in [0.2, 0.25) is 11.8 Å². The first-order chi connectivity index (χ1) is 16.9. The van der Waals surface area contributed by atoms with Crippen molar-refractivity contribution >= 4 is 28.8 Å². The van der Waals surface area contributed by atoms with Gasteiger partial charge in [-0.2, -0.15) is 13.2 Å². The fourth-order valence-corrected chi connectivity index (χ4v) is 4.63. The minimum Gasteiger partial charge on any atom is -0.481 e. The number of carbonyl (C=O) groups is 2. The van der Waals surface area contributed by atoms with Crippen molar-refractivity contribution in [3.8, 4) is 5.75 Å². The first-order valence-corrected chi connectivity index (χ1v) is 11.2. The number of ether oxygens (including phenoxy) is 3. The van der Waals surface area contributed by atoms with Gasteiger partial charge in [0.1, 0.15) is 5.75 Å². The fourth-order valence-electron chi connectivity index (χ4n) is 4.63. The smallest absolute Gasteiger partial charge is 0.416 e. The molecule has 10 heteroatoms. The zero-order chi connectivity index (χ0) is 26.3. The minimum absolute atomic E-state index is 0.00769. The Kier molecular flexibility index (Phi) is 6.61. The molecule has 0 spiro atoms. The lowest BCUT2D eigenvalue weighted by Gasteiger charge is -2.39. The Labute approximate surface area is 206 Å². The number of hydrogen-bond acceptors (Lipinski definition) is 5. The van der Waals surface area contributed by atoms with E-state index in [1.54, 1.807) is 18.2 Å². The van der Waals surface area contributed by atoms with Gasteiger partial charge >= 0.3 is 6.18 Å². The molecule has 192 valence electrons. The van der Waals surface area contributed by atoms with Crippen molar-refractivity contribution in [2.24, 2.45) is 0 Å². The normalized spacial score (nSPS) is 18.8. The summed E-state index contributed by atoms with van der Waals surface area (Å²) in [7, 11) is 2.90. The van der Waals surface area contributed by atoms with Gasteiger partial charge in [-0.15, -0.1) is 0 Å². The molecule has 2 aromatic rings. The molecule has 2 aliphatic rings. The van der Waals surface area contributed by atoms with Crippen molar-refractivity contribution in [1.82, 2.24) is 0 Å². The number of benzene rings is 2. The van der Waals surface area contributed by atoms with E-state index in [4.69, 9.17) is 14.2 Å². The molecular weight excluding hydrogens is 477 g/mol. The number of nitrogens with one attached hydrogen (secondary N) is 2. The maximum absolute atomic E-state index is 13.4. The van der Waals surface area contributed by atoms with Gasteiger partial charge in [0.05, 0.1) is 24.2 Å². The molecule has 7 nitrogen and oxygen atoms in total. The van der Waals surface area contributed by atoms with Crippen LogP contribution in [0.1, 0.15) is 37.0 Å². The maximum Gasteiger partial charge on any atom is 0.416 e. The lowest BCUT2D eigenvalue weighted by Crippen LogP contribution is -2.47. The molecule has 0 atom stereocenters. The Bertz CT molecular complexity index is 1230. The largest absolute Gasteiger partial charge is 0.481 e. The predicted octanol–water partition coefficient (Wildman–Crippen LogP) is 4.77. The number of alkyl halides is 3. The van der Waals surface area contributed by atoms with Crippen LogP contribution in [-0.2, 0) is 30.7 Å². The van der Waals surface area contributed by atoms with Crippen molar-refractivity contribution in [2.75, 3.05) is 38.1 Å². The van der Waals surface area contributed by atoms with Gasteiger partial charge in [-0.25, -0.2) is 0 Å². The SMILES string of the molecule is COCC1(COC)C/C(=C\C(=O)Nc2ccc3c(c2)NC(=O)C3(C)C)c2ccc(C(F)(F)F)cc2O1. The number of fused-ring (bicyclic) bond motifs is 2. The highest BCUT2D eigenvalue weighted by atomic mass is 19.4. The standard InChI is InChI=1S/C26H27F3N2O5/c1-24(2)19-8-6-17(11-20(19)31-23(24)33)30-22(32)9-15-12-25(13-34-3,14-35-4)36-21-10-16(26(27,28)29)5-7-18(15)21/h5-11H,12-14H2,1-4H3,(H,30,32)(H,31,33)/b15-9+. The van der Waals surface area contributed by atoms with Gasteiger partial charge < -0.3 is 24.8 Å². The third-order valence-electron chi connectivity index (χ3n) is 6.39. The number of halogens is 3. The second-order valence-corrected chi connectivity index (χ2v) is 9.53. The summed E-state index contributed by atoms with van der Waals surface area (Å²) >= 11 is 0. The van der Waals surface area contributed by atoms with Crippen LogP contribution >= 0.6 is 0 Å². The second-order valence-electron chi connectivity index (χ2n) is 9.53. The molecule has 2 heterocycles. The predicted molar refractivity (Wildman–Crippen MR) is 128 cm³/mol. The lowest BCUT2D eigenvalue weighted by molar-refractivity contribution is -0.138. The number of anilines is 2. The van der Waals surface area contributed by atoms with Gasteiger partial charge in [-0.05, 0) is 49.2 Å². The Morgan fingerprint density at radius 3 is 2.47 bits per heavy atom. The lowest BCUT2D eigenvalue weighted by atomic mass is 9.86. The van der Waals surface area contributed by atoms with E-state index in [9.17, 15) is 22.8 Å². The average Bonchev–Trinajstić information content (AvgIpc) is 3.00. The summed E-state index contributed by atoms with van der Waals surface area (Å²) < 4.78 is 56.6. The monoisotopic (exact) mass is 504 g/mol. The molecule has 2 amide bonds. The van der Waals surface area contributed by atoms with E-state index >= 15 is 0 Å². The summed E-state index contributed by atoms with van der Waals surface area (Å²) in [5.41, 5.74) is 0.115. The van der Waals surface area contributed by atoms with Crippen molar-refractivity contribution in [3.63, 3.8) is 0 Å². The van der Waals surface area contributed by atoms with Crippen LogP contribution in [0.25, 0.3) is 5.57 Å². The molecule has 2 aliphatic heterocycles. The van der Waals surface area contributed by atoms with E-state index < -0.39 is 28.7 Å². The number of rotatable bonds is 6. The zero-order valence-corrected chi connectivity index (χ0v) is 20.3. The first-order valence-electron chi connectivity index (χ1n) is 11.2. The molecule has 0 unspecified atom stereocenters. The molecule has 4 rings (SSSR count). The Hall–Kier alpha value is -3.37. The van der Waals surface area contributed by atoms with Gasteiger partial charge in [-0.1, -0.05) is 12.1 Å². The quantitative estimate of drug-likeness (QED) is 0.554. The van der Waals surface area contributed by atoms with Crippen LogP contribution in [0.4, 0.5) is 24.5 Å². The Morgan fingerprint density at radius 2 is 1.83 bits per heavy atom. The first kappa shape index (κ1) is 25.7. The van der Waals surface area contributed by atoms with Crippen LogP contribution in [0.15, 0.2) is 42.5 Å². The number of hydrogen-bond donors (Lipinski definition) is 2. The Balaban J connectivity index is 1.67. The highest BCUT2D eigenvalue weighted by Gasteiger charge is 2.41. The van der Waals surface area contributed by atoms with E-state index in [1.807, 2.05) is 13.8 Å². The van der Waals surface area contributed by atoms with E-state index in [0.717, 1.165) is 17.7 Å². The zero-order valence-electron chi connectivity index (χ0n) is 20.3. The van der Waals surface area contributed by atoms with Crippen LogP contribution in [0, 0.1) is 0 Å². The topological polar surface area (TPSA) is 85.9 Å². The van der Waals surface area contributed by atoms with Gasteiger partial charge in [0.25, 0.3) is 0 Å². The molecule has 2 N–H and O–H groups in total. The van der Waals surface area contributed by atoms with E-state index in [-0.39, 0.29) is 31.3 Å². The maximum atomic E-state index is 13.4. The van der Waals surface area contributed by atoms with Gasteiger partial charge in [0, 0.05) is 43.7 Å². The summed E-state index contributed by atoms with van der Waals surface area (Å²) in [6.45, 7) is 3.71. The Morgan fingerprint density at radius 1 is 1.14 bits per heavy atom. The number of amides is 2. The molecule has 0 fully saturated rings. The van der Waals surface area contributed by atoms with Crippen molar-refractivity contribution in [3.05, 3.63) is 59.2 Å². The van der Waals surface area contributed by atoms with Crippen LogP contribution in [0.3, 0.4) is 0 Å². The van der Waals surface area contributed by atoms with Crippen molar-refractivity contribution < 1.29 is 37.0 Å². The summed E-state index contributed by atoms with van der Waals surface area (Å²) in [5.74, 6) is -0.621. The van der Waals surface area contributed by atoms with Gasteiger partial charge in [0.15, 0.2) is 5.60 Å². The minimum atomic E-state index is -4.56. The van der Waals surface area contributed by atoms with Crippen LogP contribution < -0.4 is 15.4 Å². The molecule has 2 aromatic carbocycles. The number of methoxy groups -OCH3 is 2. The number of carbonyl (C=O) groups excluding carboxylic acids is 2.